The molecular weight excluding hydrogens is 465 g/mol. The fourth-order valence-electron chi connectivity index (χ4n) is 1.72. The minimum Gasteiger partial charge on any atom is -0.395 e. The van der Waals surface area contributed by atoms with Crippen molar-refractivity contribution in [1.29, 1.82) is 0 Å². The average Bonchev–Trinajstić information content (AvgIpc) is 2.47. The fourth-order valence-corrected chi connectivity index (χ4v) is 3.76. The van der Waals surface area contributed by atoms with Gasteiger partial charge in [0.15, 0.2) is 0 Å². The second-order valence-electron chi connectivity index (χ2n) is 5.28. The number of unbranched alkanes of at least 4 members (excludes halogenated alkanes) is 1. The second-order valence-corrected chi connectivity index (χ2v) is 8.84. The van der Waals surface area contributed by atoms with Crippen molar-refractivity contribution in [2.24, 2.45) is 0 Å². The molecule has 0 fully saturated rings. The molecule has 0 spiro atoms. The number of sulfonamides is 1. The van der Waals surface area contributed by atoms with E-state index in [4.69, 9.17) is 9.66 Å². The van der Waals surface area contributed by atoms with Crippen LogP contribution in [0.1, 0.15) is 12.8 Å². The van der Waals surface area contributed by atoms with Crippen molar-refractivity contribution in [3.8, 4) is 0 Å². The van der Waals surface area contributed by atoms with E-state index in [0.717, 1.165) is 0 Å². The van der Waals surface area contributed by atoms with Crippen LogP contribution in [0.5, 0.6) is 0 Å². The zero-order chi connectivity index (χ0) is 22.8. The summed E-state index contributed by atoms with van der Waals surface area (Å²) in [4.78, 5) is 0. The van der Waals surface area contributed by atoms with Crippen molar-refractivity contribution in [1.82, 2.24) is 4.31 Å². The molecule has 0 amide bonds. The Labute approximate surface area is 152 Å². The first-order valence-electron chi connectivity index (χ1n) is 6.92. The third-order valence-electron chi connectivity index (χ3n) is 3.19. The number of aliphatic hydroxyl groups is 1. The first-order chi connectivity index (χ1) is 12.2. The summed E-state index contributed by atoms with van der Waals surface area (Å²) in [5, 5.41) is 1.69. The van der Waals surface area contributed by atoms with E-state index in [1.165, 1.54) is 0 Å². The van der Waals surface area contributed by atoms with Gasteiger partial charge in [-0.1, -0.05) is 0 Å². The molecule has 0 saturated carbocycles. The molecule has 0 atom stereocenters. The van der Waals surface area contributed by atoms with Crippen LogP contribution in [-0.4, -0.2) is 79.5 Å². The molecule has 0 aliphatic rings. The van der Waals surface area contributed by atoms with Crippen molar-refractivity contribution in [3.63, 3.8) is 0 Å². The van der Waals surface area contributed by atoms with Gasteiger partial charge in [0.1, 0.15) is 0 Å². The van der Waals surface area contributed by atoms with E-state index in [2.05, 4.69) is 0 Å². The van der Waals surface area contributed by atoms with E-state index >= 15 is 0 Å². The Bertz CT molecular complexity index is 735. The molecule has 0 bridgehead atoms. The first kappa shape index (κ1) is 27.1. The van der Waals surface area contributed by atoms with Crippen LogP contribution < -0.4 is 0 Å². The molecule has 2 N–H and O–H groups in total. The molecule has 170 valence electrons. The van der Waals surface area contributed by atoms with Gasteiger partial charge in [0.25, 0.3) is 20.1 Å². The van der Waals surface area contributed by atoms with Crippen LogP contribution in [0.2, 0.25) is 0 Å². The predicted octanol–water partition coefficient (Wildman–Crippen LogP) is 1.70. The van der Waals surface area contributed by atoms with Crippen LogP contribution in [-0.2, 0) is 20.1 Å². The van der Waals surface area contributed by atoms with Gasteiger partial charge >= 0.3 is 23.3 Å². The molecule has 0 rings (SSSR count). The average molecular weight is 479 g/mol. The molecule has 0 aromatic carbocycles. The summed E-state index contributed by atoms with van der Waals surface area (Å²) >= 11 is 0. The van der Waals surface area contributed by atoms with Crippen LogP contribution in [0.25, 0.3) is 0 Å². The van der Waals surface area contributed by atoms with E-state index in [1.54, 1.807) is 0 Å². The van der Waals surface area contributed by atoms with E-state index < -0.39 is 86.0 Å². The smallest absolute Gasteiger partial charge is 0.395 e. The molecule has 7 nitrogen and oxygen atoms in total. The molecule has 0 aliphatic carbocycles. The summed E-state index contributed by atoms with van der Waals surface area (Å²) < 4.78 is 168. The largest absolute Gasteiger partial charge is 0.460 e. The minimum atomic E-state index is -7.42. The van der Waals surface area contributed by atoms with Crippen molar-refractivity contribution >= 4 is 20.1 Å². The summed E-state index contributed by atoms with van der Waals surface area (Å²) in [6.45, 7) is -3.95. The molecule has 28 heavy (non-hydrogen) atoms. The fraction of sp³-hybridized carbons (Fsp3) is 1.00. The Balaban J connectivity index is 5.85. The van der Waals surface area contributed by atoms with Crippen molar-refractivity contribution in [2.45, 2.75) is 36.1 Å². The third kappa shape index (κ3) is 5.39. The molecule has 0 heterocycles. The maximum atomic E-state index is 13.7. The van der Waals surface area contributed by atoms with Crippen LogP contribution in [0, 0.1) is 0 Å². The van der Waals surface area contributed by atoms with Crippen molar-refractivity contribution < 1.29 is 66.0 Å². The van der Waals surface area contributed by atoms with Gasteiger partial charge in [-0.3, -0.25) is 4.55 Å². The highest BCUT2D eigenvalue weighted by atomic mass is 32.2. The summed E-state index contributed by atoms with van der Waals surface area (Å²) in [5.74, 6) is -15.9. The van der Waals surface area contributed by atoms with E-state index in [0.29, 0.717) is 0 Å². The number of halogens is 9. The maximum Gasteiger partial charge on any atom is 0.460 e. The lowest BCUT2D eigenvalue weighted by atomic mass is 10.1. The molecule has 0 radical (unpaired) electrons. The Morgan fingerprint density at radius 2 is 1.21 bits per heavy atom. The number of alkyl halides is 9. The zero-order valence-corrected chi connectivity index (χ0v) is 15.1. The van der Waals surface area contributed by atoms with Crippen LogP contribution in [0.3, 0.4) is 0 Å². The van der Waals surface area contributed by atoms with Gasteiger partial charge in [0.05, 0.1) is 12.4 Å². The van der Waals surface area contributed by atoms with Gasteiger partial charge < -0.3 is 5.11 Å². The van der Waals surface area contributed by atoms with Gasteiger partial charge in [-0.05, 0) is 12.8 Å². The number of rotatable bonds is 11. The molecule has 0 aliphatic heterocycles. The molecule has 0 saturated heterocycles. The Hall–Kier alpha value is -0.850. The lowest BCUT2D eigenvalue weighted by Crippen LogP contribution is -2.65. The normalized spacial score (nSPS) is 15.3. The molecule has 18 heteroatoms. The quantitative estimate of drug-likeness (QED) is 0.265. The van der Waals surface area contributed by atoms with E-state index in [-0.39, 0.29) is 0 Å². The van der Waals surface area contributed by atoms with E-state index in [1.807, 2.05) is 0 Å². The van der Waals surface area contributed by atoms with Gasteiger partial charge in [-0.25, -0.2) is 8.42 Å². The SMILES string of the molecule is O=S(=O)(O)CCCCN(CCO)S(=O)(=O)C(F)(F)C(F)(F)C(F)(F)C(F)(F)F. The second kappa shape index (κ2) is 8.49. The molecule has 0 aromatic rings. The van der Waals surface area contributed by atoms with Crippen LogP contribution >= 0.6 is 0 Å². The Kier molecular flexibility index (Phi) is 8.23. The maximum absolute atomic E-state index is 13.7. The topological polar surface area (TPSA) is 112 Å². The van der Waals surface area contributed by atoms with Crippen LogP contribution in [0.4, 0.5) is 39.5 Å². The number of hydrogen-bond donors (Lipinski definition) is 2. The number of nitrogens with zero attached hydrogens (tertiary/aromatic N) is 1. The van der Waals surface area contributed by atoms with Gasteiger partial charge in [0, 0.05) is 13.1 Å². The summed E-state index contributed by atoms with van der Waals surface area (Å²) in [5.41, 5.74) is 0. The molecule has 0 aromatic heterocycles. The highest BCUT2D eigenvalue weighted by Crippen LogP contribution is 2.55. The highest BCUT2D eigenvalue weighted by molar-refractivity contribution is 7.90. The van der Waals surface area contributed by atoms with Crippen LogP contribution in [0.15, 0.2) is 0 Å². The minimum absolute atomic E-state index is 0.614. The monoisotopic (exact) mass is 479 g/mol. The van der Waals surface area contributed by atoms with Gasteiger partial charge in [-0.2, -0.15) is 52.2 Å². The standard InChI is InChI=1S/C10H14F9NO6S2/c11-7(12,9(15,16)17)8(13,14)10(18,19)28(25,26)20(4-5-21)3-1-2-6-27(22,23)24/h21H,1-6H2,(H,22,23,24). The zero-order valence-electron chi connectivity index (χ0n) is 13.4. The Morgan fingerprint density at radius 1 is 0.750 bits per heavy atom. The van der Waals surface area contributed by atoms with E-state index in [9.17, 15) is 56.3 Å². The highest BCUT2D eigenvalue weighted by Gasteiger charge is 2.85. The summed E-state index contributed by atoms with van der Waals surface area (Å²) in [6.07, 6.45) is -8.54. The summed E-state index contributed by atoms with van der Waals surface area (Å²) in [7, 11) is -11.4. The van der Waals surface area contributed by atoms with Gasteiger partial charge in [0.2, 0.25) is 0 Å². The Morgan fingerprint density at radius 3 is 1.57 bits per heavy atom. The van der Waals surface area contributed by atoms with Gasteiger partial charge in [-0.15, -0.1) is 0 Å². The third-order valence-corrected chi connectivity index (χ3v) is 5.94. The molecular formula is C10H14F9NO6S2. The first-order valence-corrected chi connectivity index (χ1v) is 9.97. The molecule has 0 unspecified atom stereocenters. The number of hydrogen-bond acceptors (Lipinski definition) is 5. The van der Waals surface area contributed by atoms with Crippen molar-refractivity contribution in [3.05, 3.63) is 0 Å². The predicted molar refractivity (Wildman–Crippen MR) is 74.1 cm³/mol. The van der Waals surface area contributed by atoms with Crippen molar-refractivity contribution in [2.75, 3.05) is 25.4 Å². The number of aliphatic hydroxyl groups excluding tert-OH is 1. The lowest BCUT2D eigenvalue weighted by Gasteiger charge is -2.35. The lowest BCUT2D eigenvalue weighted by molar-refractivity contribution is -0.382. The summed E-state index contributed by atoms with van der Waals surface area (Å²) in [6, 6.07) is 0.